The van der Waals surface area contributed by atoms with Crippen LogP contribution in [0.1, 0.15) is 28.4 Å². The number of nitrogens with zero attached hydrogens (tertiary/aromatic N) is 2. The average Bonchev–Trinajstić information content (AvgIpc) is 2.99. The molecule has 1 heterocycles. The molecule has 140 valence electrons. The maximum Gasteiger partial charge on any atom is 0.341 e. The molecule has 2 aromatic rings. The molecule has 0 radical (unpaired) electrons. The van der Waals surface area contributed by atoms with Gasteiger partial charge >= 0.3 is 5.97 Å². The number of rotatable bonds is 5. The van der Waals surface area contributed by atoms with Gasteiger partial charge in [0.1, 0.15) is 12.1 Å². The second kappa shape index (κ2) is 7.32. The van der Waals surface area contributed by atoms with E-state index in [-0.39, 0.29) is 22.5 Å². The summed E-state index contributed by atoms with van der Waals surface area (Å²) in [7, 11) is 0. The summed E-state index contributed by atoms with van der Waals surface area (Å²) in [6.07, 6.45) is 0. The molecule has 1 amide bonds. The van der Waals surface area contributed by atoms with Gasteiger partial charge in [0.05, 0.1) is 6.54 Å². The monoisotopic (exact) mass is 366 g/mol. The first kappa shape index (κ1) is 18.8. The van der Waals surface area contributed by atoms with Crippen LogP contribution in [0.15, 0.2) is 47.5 Å². The number of aromatic carboxylic acids is 1. The molecule has 0 aromatic heterocycles. The number of anilines is 1. The van der Waals surface area contributed by atoms with E-state index in [2.05, 4.69) is 10.3 Å². The van der Waals surface area contributed by atoms with Gasteiger partial charge in [0.2, 0.25) is 5.84 Å². The van der Waals surface area contributed by atoms with Crippen LogP contribution in [0.2, 0.25) is 0 Å². The van der Waals surface area contributed by atoms with Crippen molar-refractivity contribution in [3.05, 3.63) is 59.2 Å². The van der Waals surface area contributed by atoms with Crippen LogP contribution in [0.3, 0.4) is 0 Å². The molecule has 0 bridgehead atoms. The van der Waals surface area contributed by atoms with Crippen LogP contribution in [0.5, 0.6) is 0 Å². The number of carboxylic acids is 1. The minimum atomic E-state index is -1.00. The highest BCUT2D eigenvalue weighted by Gasteiger charge is 2.42. The van der Waals surface area contributed by atoms with E-state index >= 15 is 0 Å². The van der Waals surface area contributed by atoms with E-state index in [0.717, 1.165) is 22.6 Å². The standard InChI is InChI=1S/C21H23N3O3/c1-14-7-6-8-15(2)20(14)23-19(25)13-24(12-11-22-16(24)3)18-10-5-4-9-17(18)21(26)27/h4-10H,11-13H2,1-3H3,(H-,23,25,26,27)/p+1. The minimum absolute atomic E-state index is 0.105. The molecule has 6 heteroatoms. The Morgan fingerprint density at radius 2 is 1.74 bits per heavy atom. The number of amidine groups is 1. The number of aliphatic imine (C=N–C) groups is 1. The third kappa shape index (κ3) is 3.48. The normalized spacial score (nSPS) is 18.9. The van der Waals surface area contributed by atoms with Gasteiger partial charge in [0, 0.05) is 18.7 Å². The van der Waals surface area contributed by atoms with Crippen molar-refractivity contribution in [3.63, 3.8) is 0 Å². The Balaban J connectivity index is 1.97. The predicted molar refractivity (Wildman–Crippen MR) is 107 cm³/mol. The molecule has 6 nitrogen and oxygen atoms in total. The third-order valence-electron chi connectivity index (χ3n) is 5.20. The fourth-order valence-electron chi connectivity index (χ4n) is 3.72. The topological polar surface area (TPSA) is 78.8 Å². The highest BCUT2D eigenvalue weighted by molar-refractivity contribution is 6.05. The lowest BCUT2D eigenvalue weighted by atomic mass is 10.1. The lowest BCUT2D eigenvalue weighted by Gasteiger charge is -2.33. The Morgan fingerprint density at radius 3 is 2.33 bits per heavy atom. The highest BCUT2D eigenvalue weighted by atomic mass is 16.4. The van der Waals surface area contributed by atoms with Gasteiger partial charge in [-0.1, -0.05) is 30.3 Å². The first-order chi connectivity index (χ1) is 12.8. The minimum Gasteiger partial charge on any atom is -0.477 e. The number of hydrogen-bond acceptors (Lipinski definition) is 3. The lowest BCUT2D eigenvalue weighted by molar-refractivity contribution is -0.116. The SMILES string of the molecule is CC1=NCC[N+]1(CC(=O)Nc1c(C)cccc1C)c1ccccc1C(=O)O. The zero-order valence-electron chi connectivity index (χ0n) is 15.8. The quantitative estimate of drug-likeness (QED) is 0.796. The van der Waals surface area contributed by atoms with Crippen molar-refractivity contribution in [3.8, 4) is 0 Å². The molecule has 2 N–H and O–H groups in total. The molecule has 0 fully saturated rings. The molecule has 0 spiro atoms. The number of quaternary nitrogens is 1. The molecule has 0 saturated heterocycles. The largest absolute Gasteiger partial charge is 0.477 e. The van der Waals surface area contributed by atoms with E-state index in [1.165, 1.54) is 0 Å². The second-order valence-corrected chi connectivity index (χ2v) is 6.92. The fraction of sp³-hybridized carbons (Fsp3) is 0.286. The van der Waals surface area contributed by atoms with Gasteiger partial charge in [0.25, 0.3) is 5.91 Å². The van der Waals surface area contributed by atoms with Crippen molar-refractivity contribution in [2.24, 2.45) is 4.99 Å². The van der Waals surface area contributed by atoms with Crippen molar-refractivity contribution in [1.82, 2.24) is 4.48 Å². The number of carboxylic acid groups (broad SMARTS) is 1. The summed E-state index contributed by atoms with van der Waals surface area (Å²) in [6, 6.07) is 12.7. The molecular weight excluding hydrogens is 342 g/mol. The molecule has 0 aliphatic carbocycles. The number of carbonyl (C=O) groups is 2. The van der Waals surface area contributed by atoms with E-state index in [0.29, 0.717) is 18.8 Å². The van der Waals surface area contributed by atoms with E-state index < -0.39 is 5.97 Å². The maximum absolute atomic E-state index is 12.9. The van der Waals surface area contributed by atoms with Crippen molar-refractivity contribution >= 4 is 29.1 Å². The summed E-state index contributed by atoms with van der Waals surface area (Å²) in [6.45, 7) is 7.00. The number of amides is 1. The van der Waals surface area contributed by atoms with Crippen molar-refractivity contribution in [1.29, 1.82) is 0 Å². The zero-order chi connectivity index (χ0) is 19.6. The molecule has 1 atom stereocenters. The Labute approximate surface area is 158 Å². The second-order valence-electron chi connectivity index (χ2n) is 6.92. The van der Waals surface area contributed by atoms with Crippen LogP contribution in [0.4, 0.5) is 11.4 Å². The van der Waals surface area contributed by atoms with Gasteiger partial charge < -0.3 is 10.4 Å². The summed E-state index contributed by atoms with van der Waals surface area (Å²) >= 11 is 0. The van der Waals surface area contributed by atoms with Crippen molar-refractivity contribution < 1.29 is 14.7 Å². The number of aryl methyl sites for hydroxylation is 2. The Morgan fingerprint density at radius 1 is 1.07 bits per heavy atom. The van der Waals surface area contributed by atoms with Crippen LogP contribution in [-0.2, 0) is 4.79 Å². The molecule has 3 rings (SSSR count). The number of nitrogens with one attached hydrogen (secondary N) is 1. The van der Waals surface area contributed by atoms with Crippen LogP contribution in [-0.4, -0.2) is 42.5 Å². The number of benzene rings is 2. The summed E-state index contributed by atoms with van der Waals surface area (Å²) in [5.41, 5.74) is 3.59. The van der Waals surface area contributed by atoms with Gasteiger partial charge in [-0.25, -0.2) is 14.3 Å². The van der Waals surface area contributed by atoms with Crippen LogP contribution >= 0.6 is 0 Å². The van der Waals surface area contributed by atoms with Crippen LogP contribution in [0, 0.1) is 13.8 Å². The first-order valence-electron chi connectivity index (χ1n) is 8.93. The average molecular weight is 366 g/mol. The Bertz CT molecular complexity index is 916. The molecule has 1 aliphatic rings. The van der Waals surface area contributed by atoms with E-state index in [1.807, 2.05) is 39.0 Å². The van der Waals surface area contributed by atoms with Crippen LogP contribution < -0.4 is 9.80 Å². The van der Waals surface area contributed by atoms with Gasteiger partial charge in [-0.2, -0.15) is 0 Å². The van der Waals surface area contributed by atoms with Crippen LogP contribution in [0.25, 0.3) is 0 Å². The summed E-state index contributed by atoms with van der Waals surface area (Å²) in [5, 5.41) is 12.6. The smallest absolute Gasteiger partial charge is 0.341 e. The zero-order valence-corrected chi connectivity index (χ0v) is 15.8. The number of hydrogen-bond donors (Lipinski definition) is 2. The summed E-state index contributed by atoms with van der Waals surface area (Å²) in [4.78, 5) is 29.2. The van der Waals surface area contributed by atoms with Gasteiger partial charge in [0.15, 0.2) is 12.2 Å². The van der Waals surface area contributed by atoms with E-state index in [4.69, 9.17) is 0 Å². The van der Waals surface area contributed by atoms with Gasteiger partial charge in [-0.3, -0.25) is 4.79 Å². The lowest BCUT2D eigenvalue weighted by Crippen LogP contribution is -2.56. The predicted octanol–water partition coefficient (Wildman–Crippen LogP) is 3.38. The molecule has 1 unspecified atom stereocenters. The molecular formula is C21H24N3O3+. The van der Waals surface area contributed by atoms with Crippen molar-refractivity contribution in [2.45, 2.75) is 20.8 Å². The maximum atomic E-state index is 12.9. The molecule has 1 aliphatic heterocycles. The Kier molecular flexibility index (Phi) is 5.10. The highest BCUT2D eigenvalue weighted by Crippen LogP contribution is 2.31. The molecule has 0 saturated carbocycles. The van der Waals surface area contributed by atoms with Gasteiger partial charge in [-0.15, -0.1) is 0 Å². The summed E-state index contributed by atoms with van der Waals surface area (Å²) < 4.78 is 0.138. The number of para-hydroxylation sites is 2. The number of carbonyl (C=O) groups excluding carboxylic acids is 1. The summed E-state index contributed by atoms with van der Waals surface area (Å²) in [5.74, 6) is -0.414. The first-order valence-corrected chi connectivity index (χ1v) is 8.93. The van der Waals surface area contributed by atoms with Crippen molar-refractivity contribution in [2.75, 3.05) is 25.0 Å². The molecule has 27 heavy (non-hydrogen) atoms. The third-order valence-corrected chi connectivity index (χ3v) is 5.20. The van der Waals surface area contributed by atoms with E-state index in [1.54, 1.807) is 24.3 Å². The Hall–Kier alpha value is -2.99. The van der Waals surface area contributed by atoms with Gasteiger partial charge in [-0.05, 0) is 31.0 Å². The molecule has 2 aromatic carbocycles. The van der Waals surface area contributed by atoms with E-state index in [9.17, 15) is 14.7 Å². The fourth-order valence-corrected chi connectivity index (χ4v) is 3.72.